The first-order chi connectivity index (χ1) is 8.55. The summed E-state index contributed by atoms with van der Waals surface area (Å²) in [5, 5.41) is 13.1. The van der Waals surface area contributed by atoms with Gasteiger partial charge in [-0.1, -0.05) is 0 Å². The summed E-state index contributed by atoms with van der Waals surface area (Å²) < 4.78 is 36.9. The fourth-order valence-electron chi connectivity index (χ4n) is 1.93. The first kappa shape index (κ1) is 13.1. The van der Waals surface area contributed by atoms with Crippen LogP contribution in [0.25, 0.3) is 0 Å². The van der Waals surface area contributed by atoms with Gasteiger partial charge in [-0.15, -0.1) is 10.2 Å². The standard InChI is InChI=1S/C11H15F3N4/c12-11(13,14)9-3-4-10(18-17-9)16-8-2-1-6-15-7-5-8/h3-4,8,15H,1-2,5-7H2,(H,16,18). The maximum absolute atomic E-state index is 12.3. The maximum atomic E-state index is 12.3. The van der Waals surface area contributed by atoms with Crippen molar-refractivity contribution in [1.29, 1.82) is 0 Å². The molecule has 100 valence electrons. The van der Waals surface area contributed by atoms with Crippen LogP contribution in [-0.4, -0.2) is 29.3 Å². The third kappa shape index (κ3) is 3.56. The third-order valence-electron chi connectivity index (χ3n) is 2.88. The zero-order valence-electron chi connectivity index (χ0n) is 9.80. The molecule has 2 heterocycles. The largest absolute Gasteiger partial charge is 0.435 e. The smallest absolute Gasteiger partial charge is 0.366 e. The minimum Gasteiger partial charge on any atom is -0.366 e. The Morgan fingerprint density at radius 1 is 1.17 bits per heavy atom. The molecule has 1 aliphatic rings. The lowest BCUT2D eigenvalue weighted by atomic mass is 10.1. The van der Waals surface area contributed by atoms with Crippen LogP contribution >= 0.6 is 0 Å². The Balaban J connectivity index is 1.97. The number of alkyl halides is 3. The molecule has 7 heteroatoms. The molecule has 0 aliphatic carbocycles. The normalized spacial score (nSPS) is 21.4. The summed E-state index contributed by atoms with van der Waals surface area (Å²) in [6.45, 7) is 1.89. The van der Waals surface area contributed by atoms with E-state index in [2.05, 4.69) is 20.8 Å². The van der Waals surface area contributed by atoms with Crippen LogP contribution in [0.15, 0.2) is 12.1 Å². The van der Waals surface area contributed by atoms with Crippen molar-refractivity contribution in [2.45, 2.75) is 31.5 Å². The molecule has 0 bridgehead atoms. The monoisotopic (exact) mass is 260 g/mol. The number of nitrogens with one attached hydrogen (secondary N) is 2. The van der Waals surface area contributed by atoms with Gasteiger partial charge in [-0.25, -0.2) is 0 Å². The zero-order valence-corrected chi connectivity index (χ0v) is 9.80. The molecule has 1 aromatic heterocycles. The van der Waals surface area contributed by atoms with Gasteiger partial charge >= 0.3 is 6.18 Å². The van der Waals surface area contributed by atoms with Crippen molar-refractivity contribution in [3.8, 4) is 0 Å². The molecule has 2 N–H and O–H groups in total. The lowest BCUT2D eigenvalue weighted by Gasteiger charge is -2.16. The molecule has 1 saturated heterocycles. The topological polar surface area (TPSA) is 49.8 Å². The minimum atomic E-state index is -4.43. The van der Waals surface area contributed by atoms with Crippen molar-refractivity contribution >= 4 is 5.82 Å². The van der Waals surface area contributed by atoms with Gasteiger partial charge in [0.05, 0.1) is 0 Å². The molecule has 0 saturated carbocycles. The predicted molar refractivity (Wildman–Crippen MR) is 61.2 cm³/mol. The zero-order chi connectivity index (χ0) is 13.0. The van der Waals surface area contributed by atoms with Gasteiger partial charge < -0.3 is 10.6 Å². The molecular weight excluding hydrogens is 245 g/mol. The average Bonchev–Trinajstić information content (AvgIpc) is 2.57. The van der Waals surface area contributed by atoms with Crippen molar-refractivity contribution in [3.05, 3.63) is 17.8 Å². The van der Waals surface area contributed by atoms with Crippen LogP contribution in [0.4, 0.5) is 19.0 Å². The lowest BCUT2D eigenvalue weighted by Crippen LogP contribution is -2.22. The average molecular weight is 260 g/mol. The van der Waals surface area contributed by atoms with Gasteiger partial charge in [0.15, 0.2) is 5.69 Å². The van der Waals surface area contributed by atoms with Gasteiger partial charge in [0.2, 0.25) is 0 Å². The van der Waals surface area contributed by atoms with Crippen molar-refractivity contribution in [2.24, 2.45) is 0 Å². The molecule has 1 aromatic rings. The van der Waals surface area contributed by atoms with E-state index in [4.69, 9.17) is 0 Å². The first-order valence-electron chi connectivity index (χ1n) is 5.94. The van der Waals surface area contributed by atoms with Crippen LogP contribution < -0.4 is 10.6 Å². The molecule has 1 atom stereocenters. The van der Waals surface area contributed by atoms with Crippen LogP contribution in [0, 0.1) is 0 Å². The van der Waals surface area contributed by atoms with E-state index in [9.17, 15) is 13.2 Å². The molecule has 18 heavy (non-hydrogen) atoms. The van der Waals surface area contributed by atoms with Crippen LogP contribution in [-0.2, 0) is 6.18 Å². The number of halogens is 3. The minimum absolute atomic E-state index is 0.242. The number of anilines is 1. The molecule has 0 aromatic carbocycles. The molecule has 0 amide bonds. The Morgan fingerprint density at radius 2 is 2.00 bits per heavy atom. The Bertz CT molecular complexity index is 369. The highest BCUT2D eigenvalue weighted by Crippen LogP contribution is 2.27. The van der Waals surface area contributed by atoms with Gasteiger partial charge in [-0.2, -0.15) is 13.2 Å². The fourth-order valence-corrected chi connectivity index (χ4v) is 1.93. The van der Waals surface area contributed by atoms with Crippen molar-refractivity contribution in [2.75, 3.05) is 18.4 Å². The summed E-state index contributed by atoms with van der Waals surface area (Å²) >= 11 is 0. The highest BCUT2D eigenvalue weighted by Gasteiger charge is 2.32. The summed E-state index contributed by atoms with van der Waals surface area (Å²) in [6.07, 6.45) is -1.47. The Morgan fingerprint density at radius 3 is 2.67 bits per heavy atom. The second-order valence-electron chi connectivity index (χ2n) is 4.32. The summed E-state index contributed by atoms with van der Waals surface area (Å²) in [6, 6.07) is 2.52. The molecule has 1 unspecified atom stereocenters. The molecule has 0 spiro atoms. The lowest BCUT2D eigenvalue weighted by molar-refractivity contribution is -0.141. The summed E-state index contributed by atoms with van der Waals surface area (Å²) in [7, 11) is 0. The number of hydrogen-bond donors (Lipinski definition) is 2. The predicted octanol–water partition coefficient (Wildman–Crippen LogP) is 2.05. The van der Waals surface area contributed by atoms with Gasteiger partial charge in [-0.05, 0) is 44.5 Å². The summed E-state index contributed by atoms with van der Waals surface area (Å²) in [5.74, 6) is 0.398. The van der Waals surface area contributed by atoms with E-state index in [-0.39, 0.29) is 6.04 Å². The quantitative estimate of drug-likeness (QED) is 0.854. The van der Waals surface area contributed by atoms with E-state index in [0.29, 0.717) is 5.82 Å². The summed E-state index contributed by atoms with van der Waals surface area (Å²) in [5.41, 5.74) is -0.962. The van der Waals surface area contributed by atoms with Crippen molar-refractivity contribution in [3.63, 3.8) is 0 Å². The van der Waals surface area contributed by atoms with Crippen molar-refractivity contribution in [1.82, 2.24) is 15.5 Å². The van der Waals surface area contributed by atoms with Crippen LogP contribution in [0.2, 0.25) is 0 Å². The summed E-state index contributed by atoms with van der Waals surface area (Å²) in [4.78, 5) is 0. The third-order valence-corrected chi connectivity index (χ3v) is 2.88. The highest BCUT2D eigenvalue weighted by molar-refractivity contribution is 5.34. The number of hydrogen-bond acceptors (Lipinski definition) is 4. The maximum Gasteiger partial charge on any atom is 0.435 e. The molecule has 2 rings (SSSR count). The Labute approximate surface area is 103 Å². The Hall–Kier alpha value is -1.37. The molecule has 1 fully saturated rings. The second kappa shape index (κ2) is 5.51. The van der Waals surface area contributed by atoms with E-state index in [0.717, 1.165) is 38.4 Å². The van der Waals surface area contributed by atoms with Gasteiger partial charge in [0, 0.05) is 6.04 Å². The molecule has 4 nitrogen and oxygen atoms in total. The van der Waals surface area contributed by atoms with Crippen molar-refractivity contribution < 1.29 is 13.2 Å². The van der Waals surface area contributed by atoms with Gasteiger partial charge in [0.25, 0.3) is 0 Å². The number of aromatic nitrogens is 2. The van der Waals surface area contributed by atoms with Gasteiger partial charge in [0.1, 0.15) is 5.82 Å². The molecule has 1 aliphatic heterocycles. The van der Waals surface area contributed by atoms with E-state index >= 15 is 0 Å². The molecule has 0 radical (unpaired) electrons. The second-order valence-corrected chi connectivity index (χ2v) is 4.32. The van der Waals surface area contributed by atoms with Crippen LogP contribution in [0.1, 0.15) is 25.0 Å². The van der Waals surface area contributed by atoms with E-state index in [1.165, 1.54) is 6.07 Å². The SMILES string of the molecule is FC(F)(F)c1ccc(NC2CCCNCC2)nn1. The van der Waals surface area contributed by atoms with Gasteiger partial charge in [-0.3, -0.25) is 0 Å². The fraction of sp³-hybridized carbons (Fsp3) is 0.636. The van der Waals surface area contributed by atoms with Crippen LogP contribution in [0.3, 0.4) is 0 Å². The highest BCUT2D eigenvalue weighted by atomic mass is 19.4. The number of rotatable bonds is 2. The first-order valence-corrected chi connectivity index (χ1v) is 5.94. The van der Waals surface area contributed by atoms with E-state index in [1.807, 2.05) is 0 Å². The van der Waals surface area contributed by atoms with E-state index in [1.54, 1.807) is 0 Å². The Kier molecular flexibility index (Phi) is 4.00. The van der Waals surface area contributed by atoms with E-state index < -0.39 is 11.9 Å². The number of nitrogens with zero attached hydrogens (tertiary/aromatic N) is 2. The van der Waals surface area contributed by atoms with Crippen LogP contribution in [0.5, 0.6) is 0 Å². The molecular formula is C11H15F3N4.